The van der Waals surface area contributed by atoms with Crippen LogP contribution in [0.3, 0.4) is 0 Å². The third kappa shape index (κ3) is 2.76. The van der Waals surface area contributed by atoms with E-state index in [2.05, 4.69) is 5.32 Å². The maximum absolute atomic E-state index is 11.8. The van der Waals surface area contributed by atoms with E-state index in [9.17, 15) is 14.7 Å². The van der Waals surface area contributed by atoms with Crippen LogP contribution in [0, 0.1) is 5.41 Å². The van der Waals surface area contributed by atoms with Gasteiger partial charge in [-0.25, -0.2) is 9.59 Å². The molecule has 0 spiro atoms. The summed E-state index contributed by atoms with van der Waals surface area (Å²) in [5.74, 6) is -0.990. The average Bonchev–Trinajstić information content (AvgIpc) is 2.39. The molecular formula is C13H23NO4. The zero-order valence-electron chi connectivity index (χ0n) is 11.8. The van der Waals surface area contributed by atoms with Crippen LogP contribution in [0.4, 0.5) is 4.79 Å². The summed E-state index contributed by atoms with van der Waals surface area (Å²) >= 11 is 0. The summed E-state index contributed by atoms with van der Waals surface area (Å²) in [6, 6.07) is 0. The molecule has 104 valence electrons. The first-order valence-electron chi connectivity index (χ1n) is 6.25. The van der Waals surface area contributed by atoms with Gasteiger partial charge in [-0.1, -0.05) is 13.8 Å². The molecule has 0 aromatic carbocycles. The smallest absolute Gasteiger partial charge is 0.408 e. The van der Waals surface area contributed by atoms with E-state index in [1.165, 1.54) is 0 Å². The molecule has 0 aromatic heterocycles. The predicted molar refractivity (Wildman–Crippen MR) is 67.4 cm³/mol. The minimum Gasteiger partial charge on any atom is -0.479 e. The monoisotopic (exact) mass is 257 g/mol. The van der Waals surface area contributed by atoms with Crippen molar-refractivity contribution in [1.82, 2.24) is 5.32 Å². The van der Waals surface area contributed by atoms with E-state index in [4.69, 9.17) is 4.74 Å². The van der Waals surface area contributed by atoms with Crippen molar-refractivity contribution in [3.63, 3.8) is 0 Å². The SMILES string of the molecule is CC(C)(C)OC(=O)NC1(C(=O)O)CCCC1(C)C. The highest BCUT2D eigenvalue weighted by molar-refractivity contribution is 5.86. The maximum atomic E-state index is 11.8. The second-order valence-corrected chi connectivity index (χ2v) is 6.57. The van der Waals surface area contributed by atoms with Gasteiger partial charge >= 0.3 is 12.1 Å². The van der Waals surface area contributed by atoms with Gasteiger partial charge < -0.3 is 15.2 Å². The molecule has 5 nitrogen and oxygen atoms in total. The lowest BCUT2D eigenvalue weighted by molar-refractivity contribution is -0.149. The first kappa shape index (κ1) is 14.8. The van der Waals surface area contributed by atoms with E-state index in [1.54, 1.807) is 20.8 Å². The van der Waals surface area contributed by atoms with Crippen molar-refractivity contribution in [3.05, 3.63) is 0 Å². The Morgan fingerprint density at radius 1 is 1.22 bits per heavy atom. The Morgan fingerprint density at radius 2 is 1.78 bits per heavy atom. The van der Waals surface area contributed by atoms with Crippen molar-refractivity contribution in [2.45, 2.75) is 65.0 Å². The Balaban J connectivity index is 2.89. The van der Waals surface area contributed by atoms with Gasteiger partial charge in [-0.15, -0.1) is 0 Å². The van der Waals surface area contributed by atoms with Crippen LogP contribution in [-0.2, 0) is 9.53 Å². The van der Waals surface area contributed by atoms with Crippen molar-refractivity contribution in [2.75, 3.05) is 0 Å². The highest BCUT2D eigenvalue weighted by Crippen LogP contribution is 2.46. The molecule has 1 saturated carbocycles. The van der Waals surface area contributed by atoms with Crippen molar-refractivity contribution >= 4 is 12.1 Å². The summed E-state index contributed by atoms with van der Waals surface area (Å²) in [5.41, 5.74) is -2.34. The number of nitrogens with one attached hydrogen (secondary N) is 1. The Kier molecular flexibility index (Phi) is 3.65. The molecule has 2 N–H and O–H groups in total. The minimum atomic E-state index is -1.23. The third-order valence-electron chi connectivity index (χ3n) is 3.59. The lowest BCUT2D eigenvalue weighted by Crippen LogP contribution is -2.61. The molecule has 1 aliphatic carbocycles. The Bertz CT molecular complexity index is 356. The number of ether oxygens (including phenoxy) is 1. The zero-order valence-corrected chi connectivity index (χ0v) is 11.8. The quantitative estimate of drug-likeness (QED) is 0.797. The molecule has 0 bridgehead atoms. The number of aliphatic carboxylic acids is 1. The largest absolute Gasteiger partial charge is 0.479 e. The molecule has 5 heteroatoms. The number of carbonyl (C=O) groups is 2. The second kappa shape index (κ2) is 4.44. The lowest BCUT2D eigenvalue weighted by Gasteiger charge is -2.38. The molecule has 1 fully saturated rings. The molecule has 1 aliphatic rings. The van der Waals surface area contributed by atoms with Crippen LogP contribution < -0.4 is 5.32 Å². The Hall–Kier alpha value is -1.26. The number of alkyl carbamates (subject to hydrolysis) is 1. The topological polar surface area (TPSA) is 75.6 Å². The van der Waals surface area contributed by atoms with Crippen LogP contribution in [0.25, 0.3) is 0 Å². The summed E-state index contributed by atoms with van der Waals surface area (Å²) in [6.45, 7) is 8.98. The van der Waals surface area contributed by atoms with E-state index in [1.807, 2.05) is 13.8 Å². The van der Waals surface area contributed by atoms with Gasteiger partial charge in [0.25, 0.3) is 0 Å². The van der Waals surface area contributed by atoms with Gasteiger partial charge in [-0.05, 0) is 45.4 Å². The van der Waals surface area contributed by atoms with Crippen LogP contribution in [0.15, 0.2) is 0 Å². The minimum absolute atomic E-state index is 0.439. The van der Waals surface area contributed by atoms with Gasteiger partial charge in [0.2, 0.25) is 0 Å². The summed E-state index contributed by atoms with van der Waals surface area (Å²) in [5, 5.41) is 12.1. The van der Waals surface area contributed by atoms with Crippen molar-refractivity contribution < 1.29 is 19.4 Å². The van der Waals surface area contributed by atoms with Crippen LogP contribution in [0.5, 0.6) is 0 Å². The van der Waals surface area contributed by atoms with E-state index in [0.717, 1.165) is 12.8 Å². The van der Waals surface area contributed by atoms with Gasteiger partial charge in [0.05, 0.1) is 0 Å². The summed E-state index contributed by atoms with van der Waals surface area (Å²) in [6.07, 6.45) is 1.33. The zero-order chi connectivity index (χ0) is 14.2. The standard InChI is InChI=1S/C13H23NO4/c1-11(2,3)18-10(17)14-13(9(15)16)8-6-7-12(13,4)5/h6-8H2,1-5H3,(H,14,17)(H,15,16). The number of carboxylic acid groups (broad SMARTS) is 1. The fourth-order valence-corrected chi connectivity index (χ4v) is 2.51. The number of carbonyl (C=O) groups excluding carboxylic acids is 1. The van der Waals surface area contributed by atoms with Crippen LogP contribution in [0.2, 0.25) is 0 Å². The first-order valence-corrected chi connectivity index (χ1v) is 6.25. The molecule has 0 aromatic rings. The third-order valence-corrected chi connectivity index (χ3v) is 3.59. The predicted octanol–water partition coefficient (Wildman–Crippen LogP) is 2.54. The van der Waals surface area contributed by atoms with Gasteiger partial charge in [-0.2, -0.15) is 0 Å². The highest BCUT2D eigenvalue weighted by Gasteiger charge is 2.56. The van der Waals surface area contributed by atoms with Crippen molar-refractivity contribution in [1.29, 1.82) is 0 Å². The molecule has 0 saturated heterocycles. The van der Waals surface area contributed by atoms with Gasteiger partial charge in [0.1, 0.15) is 11.1 Å². The van der Waals surface area contributed by atoms with Crippen LogP contribution in [0.1, 0.15) is 53.9 Å². The molecule has 0 heterocycles. The first-order chi connectivity index (χ1) is 8.00. The van der Waals surface area contributed by atoms with Crippen LogP contribution in [-0.4, -0.2) is 28.3 Å². The van der Waals surface area contributed by atoms with Crippen molar-refractivity contribution in [3.8, 4) is 0 Å². The van der Waals surface area contributed by atoms with E-state index in [0.29, 0.717) is 6.42 Å². The van der Waals surface area contributed by atoms with Gasteiger partial charge in [0.15, 0.2) is 0 Å². The Morgan fingerprint density at radius 3 is 2.11 bits per heavy atom. The highest BCUT2D eigenvalue weighted by atomic mass is 16.6. The fraction of sp³-hybridized carbons (Fsp3) is 0.846. The molecule has 18 heavy (non-hydrogen) atoms. The van der Waals surface area contributed by atoms with E-state index in [-0.39, 0.29) is 0 Å². The number of rotatable bonds is 2. The van der Waals surface area contributed by atoms with E-state index >= 15 is 0 Å². The van der Waals surface area contributed by atoms with Gasteiger partial charge in [0, 0.05) is 0 Å². The van der Waals surface area contributed by atoms with Crippen LogP contribution >= 0.6 is 0 Å². The molecular weight excluding hydrogens is 234 g/mol. The average molecular weight is 257 g/mol. The molecule has 1 atom stereocenters. The normalized spacial score (nSPS) is 26.7. The Labute approximate surface area is 108 Å². The summed E-state index contributed by atoms with van der Waals surface area (Å²) < 4.78 is 5.15. The number of carboxylic acids is 1. The van der Waals surface area contributed by atoms with Crippen molar-refractivity contribution in [2.24, 2.45) is 5.41 Å². The number of amides is 1. The molecule has 0 radical (unpaired) electrons. The lowest BCUT2D eigenvalue weighted by atomic mass is 9.75. The van der Waals surface area contributed by atoms with Gasteiger partial charge in [-0.3, -0.25) is 0 Å². The summed E-state index contributed by atoms with van der Waals surface area (Å²) in [4.78, 5) is 23.4. The molecule has 0 aliphatic heterocycles. The number of hydrogen-bond acceptors (Lipinski definition) is 3. The molecule has 1 amide bonds. The van der Waals surface area contributed by atoms with E-state index < -0.39 is 28.6 Å². The second-order valence-electron chi connectivity index (χ2n) is 6.57. The maximum Gasteiger partial charge on any atom is 0.408 e. The summed E-state index contributed by atoms with van der Waals surface area (Å²) in [7, 11) is 0. The fourth-order valence-electron chi connectivity index (χ4n) is 2.51. The molecule has 1 unspecified atom stereocenters. The number of hydrogen-bond donors (Lipinski definition) is 2. The molecule has 1 rings (SSSR count).